The van der Waals surface area contributed by atoms with Crippen LogP contribution in [0, 0.1) is 0 Å². The highest BCUT2D eigenvalue weighted by Crippen LogP contribution is 2.27. The molecule has 1 aromatic heterocycles. The zero-order valence-corrected chi connectivity index (χ0v) is 17.6. The molecular weight excluding hydrogens is 399 g/mol. The van der Waals surface area contributed by atoms with E-state index in [0.717, 1.165) is 31.7 Å². The quantitative estimate of drug-likeness (QED) is 0.567. The van der Waals surface area contributed by atoms with Crippen molar-refractivity contribution in [3.63, 3.8) is 0 Å². The number of likely N-dealkylation sites (tertiary alicyclic amines) is 1. The van der Waals surface area contributed by atoms with Crippen LogP contribution in [0.15, 0.2) is 41.0 Å². The summed E-state index contributed by atoms with van der Waals surface area (Å²) in [6.07, 6.45) is 4.67. The minimum Gasteiger partial charge on any atom is -0.492 e. The molecule has 1 aliphatic rings. The van der Waals surface area contributed by atoms with Gasteiger partial charge in [0.1, 0.15) is 11.5 Å². The second-order valence-electron chi connectivity index (χ2n) is 7.16. The molecule has 1 aromatic carbocycles. The van der Waals surface area contributed by atoms with Crippen molar-refractivity contribution >= 4 is 29.1 Å². The number of nitrogens with zero attached hydrogens (tertiary/aromatic N) is 2. The van der Waals surface area contributed by atoms with Crippen molar-refractivity contribution in [2.75, 3.05) is 26.7 Å². The first-order valence-corrected chi connectivity index (χ1v) is 10.4. The van der Waals surface area contributed by atoms with E-state index in [-0.39, 0.29) is 11.9 Å². The third-order valence-electron chi connectivity index (χ3n) is 5.04. The van der Waals surface area contributed by atoms with Crippen LogP contribution in [0.1, 0.15) is 31.4 Å². The predicted octanol–water partition coefficient (Wildman–Crippen LogP) is 4.87. The Morgan fingerprint density at radius 1 is 1.29 bits per heavy atom. The third kappa shape index (κ3) is 5.90. The van der Waals surface area contributed by atoms with Crippen molar-refractivity contribution in [3.05, 3.63) is 52.4 Å². The van der Waals surface area contributed by atoms with Gasteiger partial charge in [0.25, 0.3) is 0 Å². The average molecular weight is 425 g/mol. The summed E-state index contributed by atoms with van der Waals surface area (Å²) in [6, 6.07) is 9.15. The van der Waals surface area contributed by atoms with Crippen molar-refractivity contribution in [3.8, 4) is 5.75 Å². The molecule has 7 heteroatoms. The van der Waals surface area contributed by atoms with E-state index in [1.165, 1.54) is 0 Å². The molecule has 0 atom stereocenters. The van der Waals surface area contributed by atoms with E-state index in [0.29, 0.717) is 41.8 Å². The fourth-order valence-electron chi connectivity index (χ4n) is 3.44. The van der Waals surface area contributed by atoms with Crippen molar-refractivity contribution < 1.29 is 13.9 Å². The number of piperidine rings is 1. The van der Waals surface area contributed by atoms with Crippen LogP contribution >= 0.6 is 23.2 Å². The van der Waals surface area contributed by atoms with Gasteiger partial charge in [-0.2, -0.15) is 0 Å². The molecule has 3 rings (SSSR count). The zero-order valence-electron chi connectivity index (χ0n) is 16.1. The monoisotopic (exact) mass is 424 g/mol. The molecule has 0 aliphatic carbocycles. The second-order valence-corrected chi connectivity index (χ2v) is 8.01. The van der Waals surface area contributed by atoms with E-state index >= 15 is 0 Å². The van der Waals surface area contributed by atoms with Gasteiger partial charge in [-0.15, -0.1) is 0 Å². The number of furan rings is 1. The number of hydrogen-bond acceptors (Lipinski definition) is 4. The average Bonchev–Trinajstić information content (AvgIpc) is 3.18. The molecule has 1 aliphatic heterocycles. The number of rotatable bonds is 8. The molecule has 152 valence electrons. The maximum atomic E-state index is 12.9. The first-order chi connectivity index (χ1) is 13.5. The number of carbonyl (C=O) groups excluding carboxylic acids is 1. The molecule has 0 unspecified atom stereocenters. The van der Waals surface area contributed by atoms with Gasteiger partial charge in [-0.25, -0.2) is 0 Å². The summed E-state index contributed by atoms with van der Waals surface area (Å²) in [5, 5.41) is 1.05. The van der Waals surface area contributed by atoms with Gasteiger partial charge in [-0.05, 0) is 69.7 Å². The molecule has 1 fully saturated rings. The predicted molar refractivity (Wildman–Crippen MR) is 111 cm³/mol. The molecule has 2 aromatic rings. The molecule has 1 amide bonds. The van der Waals surface area contributed by atoms with Crippen LogP contribution < -0.4 is 4.74 Å². The SMILES string of the molecule is CN1CCC(N(Cc2ccco2)C(=O)CCCOc2ccc(Cl)cc2Cl)CC1. The highest BCUT2D eigenvalue weighted by Gasteiger charge is 2.27. The zero-order chi connectivity index (χ0) is 19.9. The normalized spacial score (nSPS) is 15.5. The molecular formula is C21H26Cl2N2O3. The van der Waals surface area contributed by atoms with Crippen molar-refractivity contribution in [2.24, 2.45) is 0 Å². The van der Waals surface area contributed by atoms with E-state index in [1.54, 1.807) is 24.5 Å². The van der Waals surface area contributed by atoms with E-state index in [4.69, 9.17) is 32.4 Å². The Balaban J connectivity index is 1.53. The van der Waals surface area contributed by atoms with Crippen LogP contribution in [-0.2, 0) is 11.3 Å². The van der Waals surface area contributed by atoms with Crippen LogP contribution in [0.4, 0.5) is 0 Å². The smallest absolute Gasteiger partial charge is 0.223 e. The topological polar surface area (TPSA) is 45.9 Å². The van der Waals surface area contributed by atoms with Crippen LogP contribution in [0.5, 0.6) is 5.75 Å². The summed E-state index contributed by atoms with van der Waals surface area (Å²) in [6.45, 7) is 2.95. The van der Waals surface area contributed by atoms with Gasteiger partial charge >= 0.3 is 0 Å². The number of amides is 1. The first-order valence-electron chi connectivity index (χ1n) is 9.61. The largest absolute Gasteiger partial charge is 0.492 e. The van der Waals surface area contributed by atoms with Gasteiger partial charge in [0.15, 0.2) is 0 Å². The number of ether oxygens (including phenoxy) is 1. The molecule has 0 N–H and O–H groups in total. The van der Waals surface area contributed by atoms with Crippen LogP contribution in [0.3, 0.4) is 0 Å². The maximum Gasteiger partial charge on any atom is 0.223 e. The van der Waals surface area contributed by atoms with Gasteiger partial charge in [0.2, 0.25) is 5.91 Å². The van der Waals surface area contributed by atoms with Gasteiger partial charge in [0.05, 0.1) is 24.4 Å². The molecule has 2 heterocycles. The van der Waals surface area contributed by atoms with Crippen LogP contribution in [0.2, 0.25) is 10.0 Å². The Bertz CT molecular complexity index is 759. The van der Waals surface area contributed by atoms with Crippen LogP contribution in [-0.4, -0.2) is 48.5 Å². The Kier molecular flexibility index (Phi) is 7.65. The minimum atomic E-state index is 0.136. The molecule has 0 saturated carbocycles. The number of hydrogen-bond donors (Lipinski definition) is 0. The third-order valence-corrected chi connectivity index (χ3v) is 5.57. The van der Waals surface area contributed by atoms with Crippen LogP contribution in [0.25, 0.3) is 0 Å². The summed E-state index contributed by atoms with van der Waals surface area (Å²) in [5.74, 6) is 1.54. The van der Waals surface area contributed by atoms with Crippen molar-refractivity contribution in [2.45, 2.75) is 38.3 Å². The van der Waals surface area contributed by atoms with Crippen molar-refractivity contribution in [1.82, 2.24) is 9.80 Å². The van der Waals surface area contributed by atoms with E-state index in [2.05, 4.69) is 11.9 Å². The molecule has 28 heavy (non-hydrogen) atoms. The Labute approximate surface area is 176 Å². The first kappa shape index (κ1) is 21.0. The highest BCUT2D eigenvalue weighted by atomic mass is 35.5. The van der Waals surface area contributed by atoms with Gasteiger partial charge in [0, 0.05) is 17.5 Å². The van der Waals surface area contributed by atoms with E-state index in [9.17, 15) is 4.79 Å². The number of halogens is 2. The summed E-state index contributed by atoms with van der Waals surface area (Å²) in [5.41, 5.74) is 0. The molecule has 0 spiro atoms. The Hall–Kier alpha value is -1.69. The molecule has 5 nitrogen and oxygen atoms in total. The molecule has 0 radical (unpaired) electrons. The fraction of sp³-hybridized carbons (Fsp3) is 0.476. The number of benzene rings is 1. The second kappa shape index (κ2) is 10.2. The van der Waals surface area contributed by atoms with Gasteiger partial charge in [-0.1, -0.05) is 23.2 Å². The van der Waals surface area contributed by atoms with Crippen molar-refractivity contribution in [1.29, 1.82) is 0 Å². The maximum absolute atomic E-state index is 12.9. The summed E-state index contributed by atoms with van der Waals surface area (Å²) >= 11 is 12.0. The summed E-state index contributed by atoms with van der Waals surface area (Å²) in [4.78, 5) is 17.2. The van der Waals surface area contributed by atoms with E-state index < -0.39 is 0 Å². The molecule has 1 saturated heterocycles. The van der Waals surface area contributed by atoms with Gasteiger partial charge < -0.3 is 19.0 Å². The Morgan fingerprint density at radius 3 is 2.75 bits per heavy atom. The molecule has 0 bridgehead atoms. The lowest BCUT2D eigenvalue weighted by molar-refractivity contribution is -0.135. The summed E-state index contributed by atoms with van der Waals surface area (Å²) < 4.78 is 11.2. The van der Waals surface area contributed by atoms with E-state index in [1.807, 2.05) is 17.0 Å². The highest BCUT2D eigenvalue weighted by molar-refractivity contribution is 6.35. The Morgan fingerprint density at radius 2 is 2.07 bits per heavy atom. The van der Waals surface area contributed by atoms with Gasteiger partial charge in [-0.3, -0.25) is 4.79 Å². The lowest BCUT2D eigenvalue weighted by Gasteiger charge is -2.37. The minimum absolute atomic E-state index is 0.136. The number of carbonyl (C=O) groups is 1. The lowest BCUT2D eigenvalue weighted by atomic mass is 10.0. The lowest BCUT2D eigenvalue weighted by Crippen LogP contribution is -2.46. The summed E-state index contributed by atoms with van der Waals surface area (Å²) in [7, 11) is 2.12. The fourth-order valence-corrected chi connectivity index (χ4v) is 3.90. The standard InChI is InChI=1S/C21H26Cl2N2O3/c1-24-10-8-17(9-11-24)25(15-18-4-2-12-27-18)21(26)5-3-13-28-20-7-6-16(22)14-19(20)23/h2,4,6-7,12,14,17H,3,5,8-11,13,15H2,1H3.